The highest BCUT2D eigenvalue weighted by atomic mass is 15.3. The first kappa shape index (κ1) is 13.2. The van der Waals surface area contributed by atoms with Crippen LogP contribution >= 0.6 is 0 Å². The second-order valence-electron chi connectivity index (χ2n) is 4.50. The van der Waals surface area contributed by atoms with Crippen LogP contribution in [0.3, 0.4) is 0 Å². The summed E-state index contributed by atoms with van der Waals surface area (Å²) in [5.41, 5.74) is 1.27. The van der Waals surface area contributed by atoms with E-state index >= 15 is 0 Å². The molecule has 0 aliphatic carbocycles. The monoisotopic (exact) mass is 224 g/mol. The van der Waals surface area contributed by atoms with Crippen LogP contribution < -0.4 is 5.32 Å². The van der Waals surface area contributed by atoms with Crippen LogP contribution in [-0.4, -0.2) is 41.9 Å². The van der Waals surface area contributed by atoms with Gasteiger partial charge in [0, 0.05) is 31.9 Å². The molecule has 0 saturated carbocycles. The summed E-state index contributed by atoms with van der Waals surface area (Å²) < 4.78 is 2.11. The van der Waals surface area contributed by atoms with Gasteiger partial charge in [-0.25, -0.2) is 0 Å². The van der Waals surface area contributed by atoms with Gasteiger partial charge in [-0.2, -0.15) is 5.10 Å². The molecule has 1 aromatic rings. The second-order valence-corrected chi connectivity index (χ2v) is 4.50. The molecule has 1 aromatic heterocycles. The molecule has 1 heterocycles. The Bertz CT molecular complexity index is 293. The summed E-state index contributed by atoms with van der Waals surface area (Å²) in [6.07, 6.45) is 3.00. The highest BCUT2D eigenvalue weighted by Gasteiger charge is 2.07. The van der Waals surface area contributed by atoms with Crippen molar-refractivity contribution in [3.05, 3.63) is 18.0 Å². The Balaban J connectivity index is 2.39. The fourth-order valence-corrected chi connectivity index (χ4v) is 1.57. The van der Waals surface area contributed by atoms with Crippen LogP contribution in [0.25, 0.3) is 0 Å². The van der Waals surface area contributed by atoms with Crippen LogP contribution in [0.15, 0.2) is 12.3 Å². The molecule has 0 unspecified atom stereocenters. The van der Waals surface area contributed by atoms with E-state index in [1.807, 2.05) is 6.20 Å². The predicted molar refractivity (Wildman–Crippen MR) is 67.5 cm³/mol. The largest absolute Gasteiger partial charge is 0.310 e. The van der Waals surface area contributed by atoms with Gasteiger partial charge in [0.05, 0.1) is 5.69 Å². The Morgan fingerprint density at radius 3 is 2.88 bits per heavy atom. The number of nitrogens with zero attached hydrogens (tertiary/aromatic N) is 3. The predicted octanol–water partition coefficient (Wildman–Crippen LogP) is 1.51. The van der Waals surface area contributed by atoms with Crippen LogP contribution in [0.4, 0.5) is 0 Å². The topological polar surface area (TPSA) is 33.1 Å². The van der Waals surface area contributed by atoms with E-state index in [9.17, 15) is 0 Å². The zero-order valence-corrected chi connectivity index (χ0v) is 10.9. The van der Waals surface area contributed by atoms with Crippen molar-refractivity contribution in [1.82, 2.24) is 20.0 Å². The summed E-state index contributed by atoms with van der Waals surface area (Å²) in [6.45, 7) is 7.38. The molecule has 92 valence electrons. The van der Waals surface area contributed by atoms with Crippen LogP contribution in [-0.2, 0) is 6.54 Å². The zero-order chi connectivity index (χ0) is 12.0. The van der Waals surface area contributed by atoms with Gasteiger partial charge in [0.15, 0.2) is 0 Å². The summed E-state index contributed by atoms with van der Waals surface area (Å²) in [5, 5.41) is 7.80. The zero-order valence-electron chi connectivity index (χ0n) is 10.9. The standard InChI is InChI=1S/C12H24N4/c1-5-11(2)16-12(6-7-14-16)10-13-8-9-15(3)4/h6-7,11,13H,5,8-10H2,1-4H3/t11-/m0/s1. The minimum absolute atomic E-state index is 0.487. The molecular formula is C12H24N4. The third-order valence-corrected chi connectivity index (χ3v) is 2.80. The van der Waals surface area contributed by atoms with Gasteiger partial charge in [-0.15, -0.1) is 0 Å². The van der Waals surface area contributed by atoms with E-state index in [2.05, 4.69) is 54.0 Å². The van der Waals surface area contributed by atoms with E-state index in [0.717, 1.165) is 26.1 Å². The number of rotatable bonds is 7. The van der Waals surface area contributed by atoms with Crippen molar-refractivity contribution in [2.45, 2.75) is 32.9 Å². The van der Waals surface area contributed by atoms with Gasteiger partial charge in [0.1, 0.15) is 0 Å². The van der Waals surface area contributed by atoms with Crippen molar-refractivity contribution >= 4 is 0 Å². The van der Waals surface area contributed by atoms with Crippen LogP contribution in [0.2, 0.25) is 0 Å². The first-order chi connectivity index (χ1) is 7.65. The Hall–Kier alpha value is -0.870. The van der Waals surface area contributed by atoms with E-state index in [4.69, 9.17) is 0 Å². The van der Waals surface area contributed by atoms with Crippen molar-refractivity contribution in [2.24, 2.45) is 0 Å². The molecular weight excluding hydrogens is 200 g/mol. The minimum Gasteiger partial charge on any atom is -0.310 e. The third-order valence-electron chi connectivity index (χ3n) is 2.80. The maximum Gasteiger partial charge on any atom is 0.0525 e. The molecule has 0 aromatic carbocycles. The lowest BCUT2D eigenvalue weighted by molar-refractivity contribution is 0.394. The molecule has 0 fully saturated rings. The van der Waals surface area contributed by atoms with E-state index in [1.54, 1.807) is 0 Å². The van der Waals surface area contributed by atoms with E-state index < -0.39 is 0 Å². The molecule has 16 heavy (non-hydrogen) atoms. The van der Waals surface area contributed by atoms with Gasteiger partial charge in [0.2, 0.25) is 0 Å². The van der Waals surface area contributed by atoms with Gasteiger partial charge in [0.25, 0.3) is 0 Å². The van der Waals surface area contributed by atoms with Crippen molar-refractivity contribution < 1.29 is 0 Å². The maximum atomic E-state index is 4.37. The molecule has 0 bridgehead atoms. The summed E-state index contributed by atoms with van der Waals surface area (Å²) >= 11 is 0. The maximum absolute atomic E-state index is 4.37. The molecule has 0 aliphatic rings. The fraction of sp³-hybridized carbons (Fsp3) is 0.750. The summed E-state index contributed by atoms with van der Waals surface area (Å²) in [5.74, 6) is 0. The van der Waals surface area contributed by atoms with Crippen LogP contribution in [0.5, 0.6) is 0 Å². The summed E-state index contributed by atoms with van der Waals surface area (Å²) in [6, 6.07) is 2.58. The highest BCUT2D eigenvalue weighted by Crippen LogP contribution is 2.11. The lowest BCUT2D eigenvalue weighted by Crippen LogP contribution is -2.27. The number of likely N-dealkylation sites (N-methyl/N-ethyl adjacent to an activating group) is 1. The summed E-state index contributed by atoms with van der Waals surface area (Å²) in [7, 11) is 4.18. The van der Waals surface area contributed by atoms with Crippen LogP contribution in [0, 0.1) is 0 Å². The van der Waals surface area contributed by atoms with Crippen molar-refractivity contribution in [2.75, 3.05) is 27.2 Å². The SMILES string of the molecule is CC[C@H](C)n1nccc1CNCCN(C)C. The number of hydrogen-bond donors (Lipinski definition) is 1. The average molecular weight is 224 g/mol. The molecule has 1 rings (SSSR count). The number of hydrogen-bond acceptors (Lipinski definition) is 3. The van der Waals surface area contributed by atoms with Crippen LogP contribution in [0.1, 0.15) is 32.0 Å². The molecule has 0 saturated heterocycles. The minimum atomic E-state index is 0.487. The van der Waals surface area contributed by atoms with Gasteiger partial charge in [-0.1, -0.05) is 6.92 Å². The molecule has 0 aliphatic heterocycles. The quantitative estimate of drug-likeness (QED) is 0.713. The molecule has 1 N–H and O–H groups in total. The van der Waals surface area contributed by atoms with E-state index in [0.29, 0.717) is 6.04 Å². The lowest BCUT2D eigenvalue weighted by atomic mass is 10.2. The Morgan fingerprint density at radius 2 is 2.25 bits per heavy atom. The number of nitrogens with one attached hydrogen (secondary N) is 1. The van der Waals surface area contributed by atoms with Gasteiger partial charge in [-0.3, -0.25) is 4.68 Å². The Labute approximate surface area is 98.6 Å². The van der Waals surface area contributed by atoms with Gasteiger partial charge < -0.3 is 10.2 Å². The van der Waals surface area contributed by atoms with Gasteiger partial charge >= 0.3 is 0 Å². The molecule has 0 spiro atoms. The van der Waals surface area contributed by atoms with Crippen molar-refractivity contribution in [1.29, 1.82) is 0 Å². The normalized spacial score (nSPS) is 13.3. The lowest BCUT2D eigenvalue weighted by Gasteiger charge is -2.15. The van der Waals surface area contributed by atoms with Gasteiger partial charge in [-0.05, 0) is 33.5 Å². The molecule has 4 heteroatoms. The average Bonchev–Trinajstić information content (AvgIpc) is 2.71. The Kier molecular flexibility index (Phi) is 5.49. The molecule has 1 atom stereocenters. The van der Waals surface area contributed by atoms with E-state index in [1.165, 1.54) is 5.69 Å². The molecule has 0 amide bonds. The van der Waals surface area contributed by atoms with Crippen molar-refractivity contribution in [3.63, 3.8) is 0 Å². The first-order valence-electron chi connectivity index (χ1n) is 6.03. The molecule has 0 radical (unpaired) electrons. The fourth-order valence-electron chi connectivity index (χ4n) is 1.57. The molecule has 4 nitrogen and oxygen atoms in total. The highest BCUT2D eigenvalue weighted by molar-refractivity contribution is 5.01. The summed E-state index contributed by atoms with van der Waals surface area (Å²) in [4.78, 5) is 2.18. The van der Waals surface area contributed by atoms with E-state index in [-0.39, 0.29) is 0 Å². The third kappa shape index (κ3) is 3.94. The second kappa shape index (κ2) is 6.66. The first-order valence-corrected chi connectivity index (χ1v) is 6.03. The smallest absolute Gasteiger partial charge is 0.0525 e. The van der Waals surface area contributed by atoms with Crippen molar-refractivity contribution in [3.8, 4) is 0 Å². The Morgan fingerprint density at radius 1 is 1.50 bits per heavy atom. The number of aromatic nitrogens is 2.